The molecule has 0 saturated carbocycles. The van der Waals surface area contributed by atoms with Crippen LogP contribution >= 0.6 is 7.14 Å². The zero-order chi connectivity index (χ0) is 20.5. The Bertz CT molecular complexity index is 1040. The molecule has 2 heteroatoms. The van der Waals surface area contributed by atoms with Crippen molar-refractivity contribution in [3.8, 4) is 12.3 Å². The van der Waals surface area contributed by atoms with Crippen LogP contribution in [-0.4, -0.2) is 5.66 Å². The molecule has 0 amide bonds. The Morgan fingerprint density at radius 3 is 2.00 bits per heavy atom. The summed E-state index contributed by atoms with van der Waals surface area (Å²) in [6.07, 6.45) is 11.2. The van der Waals surface area contributed by atoms with E-state index in [0.717, 1.165) is 34.6 Å². The molecule has 3 aromatic rings. The molecule has 3 rings (SSSR count). The molecule has 0 spiro atoms. The highest BCUT2D eigenvalue weighted by molar-refractivity contribution is 7.79. The van der Waals surface area contributed by atoms with E-state index >= 15 is 0 Å². The van der Waals surface area contributed by atoms with Gasteiger partial charge in [0.15, 0.2) is 0 Å². The van der Waals surface area contributed by atoms with Gasteiger partial charge in [0.25, 0.3) is 0 Å². The summed E-state index contributed by atoms with van der Waals surface area (Å²) in [5.74, 6) is 2.70. The van der Waals surface area contributed by atoms with Crippen LogP contribution in [-0.2, 0) is 4.57 Å². The van der Waals surface area contributed by atoms with Crippen molar-refractivity contribution < 1.29 is 4.57 Å². The number of benzene rings is 3. The van der Waals surface area contributed by atoms with Crippen molar-refractivity contribution in [2.45, 2.75) is 25.4 Å². The van der Waals surface area contributed by atoms with Crippen molar-refractivity contribution in [1.29, 1.82) is 0 Å². The van der Waals surface area contributed by atoms with Crippen LogP contribution in [0.25, 0.3) is 6.08 Å². The van der Waals surface area contributed by atoms with E-state index in [1.807, 2.05) is 97.1 Å². The van der Waals surface area contributed by atoms with Gasteiger partial charge in [-0.25, -0.2) is 0 Å². The van der Waals surface area contributed by atoms with Crippen LogP contribution in [0.4, 0.5) is 0 Å². The fourth-order valence-corrected chi connectivity index (χ4v) is 6.71. The lowest BCUT2D eigenvalue weighted by Gasteiger charge is -2.26. The van der Waals surface area contributed by atoms with E-state index in [1.54, 1.807) is 0 Å². The zero-order valence-electron chi connectivity index (χ0n) is 16.7. The van der Waals surface area contributed by atoms with Gasteiger partial charge in [0.2, 0.25) is 0 Å². The van der Waals surface area contributed by atoms with Gasteiger partial charge in [0, 0.05) is 21.8 Å². The fraction of sp³-hybridized carbons (Fsp3) is 0.148. The maximum absolute atomic E-state index is 14.6. The Balaban J connectivity index is 2.10. The molecule has 0 fully saturated rings. The minimum atomic E-state index is -2.87. The average molecular weight is 396 g/mol. The van der Waals surface area contributed by atoms with E-state index < -0.39 is 7.14 Å². The Morgan fingerprint density at radius 2 is 1.45 bits per heavy atom. The Morgan fingerprint density at radius 1 is 0.897 bits per heavy atom. The number of allylic oxidation sites excluding steroid dienone is 1. The van der Waals surface area contributed by atoms with Crippen LogP contribution in [0.2, 0.25) is 0 Å². The molecule has 1 unspecified atom stereocenters. The van der Waals surface area contributed by atoms with Gasteiger partial charge in [0.1, 0.15) is 7.14 Å². The van der Waals surface area contributed by atoms with Crippen LogP contribution in [0.5, 0.6) is 0 Å². The van der Waals surface area contributed by atoms with E-state index in [1.165, 1.54) is 0 Å². The topological polar surface area (TPSA) is 17.1 Å². The normalized spacial score (nSPS) is 11.7. The average Bonchev–Trinajstić information content (AvgIpc) is 2.79. The third kappa shape index (κ3) is 4.70. The third-order valence-corrected chi connectivity index (χ3v) is 8.45. The van der Waals surface area contributed by atoms with Crippen molar-refractivity contribution in [3.05, 3.63) is 108 Å². The highest BCUT2D eigenvalue weighted by Gasteiger charge is 2.34. The first kappa shape index (κ1) is 20.7. The second kappa shape index (κ2) is 9.95. The minimum absolute atomic E-state index is 0.133. The van der Waals surface area contributed by atoms with E-state index in [0.29, 0.717) is 0 Å². The maximum atomic E-state index is 14.6. The minimum Gasteiger partial charge on any atom is -0.313 e. The van der Waals surface area contributed by atoms with Gasteiger partial charge >= 0.3 is 0 Å². The molecule has 0 heterocycles. The quantitative estimate of drug-likeness (QED) is 0.271. The van der Waals surface area contributed by atoms with Crippen LogP contribution < -0.4 is 10.6 Å². The molecule has 0 bridgehead atoms. The SMILES string of the molecule is C#Cc1ccccc1C=C=CC(CCC)P(=O)(c1ccccc1)c1ccccc1. The van der Waals surface area contributed by atoms with Crippen molar-refractivity contribution in [1.82, 2.24) is 0 Å². The predicted octanol–water partition coefficient (Wildman–Crippen LogP) is 6.02. The summed E-state index contributed by atoms with van der Waals surface area (Å²) >= 11 is 0. The van der Waals surface area contributed by atoms with E-state index in [-0.39, 0.29) is 5.66 Å². The molecule has 3 aromatic carbocycles. The molecular formula is C27H25OP. The van der Waals surface area contributed by atoms with E-state index in [2.05, 4.69) is 18.6 Å². The summed E-state index contributed by atoms with van der Waals surface area (Å²) in [6.45, 7) is 2.12. The van der Waals surface area contributed by atoms with Crippen molar-refractivity contribution in [2.75, 3.05) is 0 Å². The van der Waals surface area contributed by atoms with Gasteiger partial charge in [-0.1, -0.05) is 98.1 Å². The fourth-order valence-electron chi connectivity index (χ4n) is 3.50. The molecule has 0 aliphatic carbocycles. The smallest absolute Gasteiger partial charge is 0.150 e. The van der Waals surface area contributed by atoms with Crippen LogP contribution in [0, 0.1) is 12.3 Å². The lowest BCUT2D eigenvalue weighted by atomic mass is 10.1. The second-order valence-corrected chi connectivity index (χ2v) is 9.91. The number of terminal acetylenes is 1. The van der Waals surface area contributed by atoms with Crippen LogP contribution in [0.15, 0.2) is 96.7 Å². The molecule has 144 valence electrons. The van der Waals surface area contributed by atoms with Gasteiger partial charge < -0.3 is 4.57 Å². The Kier molecular flexibility index (Phi) is 7.10. The standard InChI is InChI=1S/C27H25OP/c1-3-14-25(22-13-17-24-16-12-11-15-23(24)4-2)29(28,26-18-7-5-8-19-26)27-20-9-6-10-21-27/h2,5-12,15-22,25H,3,14H2,1H3. The van der Waals surface area contributed by atoms with Crippen molar-refractivity contribution >= 4 is 23.8 Å². The molecule has 0 N–H and O–H groups in total. The number of rotatable bonds is 7. The predicted molar refractivity (Wildman–Crippen MR) is 125 cm³/mol. The van der Waals surface area contributed by atoms with Gasteiger partial charge in [-0.2, -0.15) is 0 Å². The highest BCUT2D eigenvalue weighted by atomic mass is 31.2. The van der Waals surface area contributed by atoms with Gasteiger partial charge in [-0.3, -0.25) is 0 Å². The first-order chi connectivity index (χ1) is 14.2. The van der Waals surface area contributed by atoms with E-state index in [9.17, 15) is 4.57 Å². The molecule has 1 nitrogen and oxygen atoms in total. The zero-order valence-corrected chi connectivity index (χ0v) is 17.6. The summed E-state index contributed by atoms with van der Waals surface area (Å²) in [6, 6.07) is 27.4. The second-order valence-electron chi connectivity index (χ2n) is 6.89. The maximum Gasteiger partial charge on any atom is 0.150 e. The summed E-state index contributed by atoms with van der Waals surface area (Å²) in [5.41, 5.74) is 4.92. The third-order valence-electron chi connectivity index (χ3n) is 4.97. The lowest BCUT2D eigenvalue weighted by Crippen LogP contribution is -2.24. The molecule has 1 atom stereocenters. The van der Waals surface area contributed by atoms with Crippen molar-refractivity contribution in [3.63, 3.8) is 0 Å². The first-order valence-electron chi connectivity index (χ1n) is 9.89. The molecule has 0 aliphatic rings. The summed E-state index contributed by atoms with van der Waals surface area (Å²) in [5, 5.41) is 1.76. The summed E-state index contributed by atoms with van der Waals surface area (Å²) in [7, 11) is -2.87. The van der Waals surface area contributed by atoms with Gasteiger partial charge in [0.05, 0.1) is 0 Å². The molecule has 0 radical (unpaired) electrons. The van der Waals surface area contributed by atoms with Gasteiger partial charge in [-0.05, 0) is 30.2 Å². The summed E-state index contributed by atoms with van der Waals surface area (Å²) in [4.78, 5) is 0. The summed E-state index contributed by atoms with van der Waals surface area (Å²) < 4.78 is 14.6. The monoisotopic (exact) mass is 396 g/mol. The first-order valence-corrected chi connectivity index (χ1v) is 11.7. The lowest BCUT2D eigenvalue weighted by molar-refractivity contribution is 0.579. The number of hydrogen-bond acceptors (Lipinski definition) is 1. The Labute approximate surface area is 174 Å². The highest BCUT2D eigenvalue weighted by Crippen LogP contribution is 2.50. The molecule has 29 heavy (non-hydrogen) atoms. The molecule has 0 saturated heterocycles. The van der Waals surface area contributed by atoms with Gasteiger partial charge in [-0.15, -0.1) is 12.2 Å². The molecule has 0 aromatic heterocycles. The van der Waals surface area contributed by atoms with Crippen LogP contribution in [0.1, 0.15) is 30.9 Å². The largest absolute Gasteiger partial charge is 0.313 e. The van der Waals surface area contributed by atoms with E-state index in [4.69, 9.17) is 6.42 Å². The molecular weight excluding hydrogens is 371 g/mol. The van der Waals surface area contributed by atoms with Crippen LogP contribution in [0.3, 0.4) is 0 Å². The van der Waals surface area contributed by atoms with Crippen molar-refractivity contribution in [2.24, 2.45) is 0 Å². The number of hydrogen-bond donors (Lipinski definition) is 0. The Hall–Kier alpha value is -3.03. The molecule has 0 aliphatic heterocycles.